The smallest absolute Gasteiger partial charge is 0.306 e. The number of unbranched alkanes of at least 4 members (excludes halogenated alkanes) is 2. The average molecular weight is 396 g/mol. The van der Waals surface area contributed by atoms with Gasteiger partial charge in [-0.2, -0.15) is 0 Å². The van der Waals surface area contributed by atoms with Crippen molar-refractivity contribution in [3.05, 3.63) is 42.0 Å². The third-order valence-electron chi connectivity index (χ3n) is 5.00. The Morgan fingerprint density at radius 3 is 2.86 bits per heavy atom. The van der Waals surface area contributed by atoms with E-state index in [1.54, 1.807) is 12.1 Å². The largest absolute Gasteiger partial charge is 0.507 e. The van der Waals surface area contributed by atoms with E-state index in [0.717, 1.165) is 35.4 Å². The summed E-state index contributed by atoms with van der Waals surface area (Å²) in [7, 11) is 0. The van der Waals surface area contributed by atoms with E-state index in [9.17, 15) is 9.90 Å². The Bertz CT molecular complexity index is 949. The molecule has 29 heavy (non-hydrogen) atoms. The first-order valence-corrected chi connectivity index (χ1v) is 10.3. The van der Waals surface area contributed by atoms with Crippen molar-refractivity contribution in [1.29, 1.82) is 0 Å². The Morgan fingerprint density at radius 2 is 2.03 bits per heavy atom. The molecular formula is C23H29N3O3. The summed E-state index contributed by atoms with van der Waals surface area (Å²) in [5.41, 5.74) is 3.88. The molecular weight excluding hydrogens is 366 g/mol. The molecule has 3 aromatic rings. The van der Waals surface area contributed by atoms with Crippen molar-refractivity contribution in [2.24, 2.45) is 5.92 Å². The van der Waals surface area contributed by atoms with Gasteiger partial charge < -0.3 is 9.84 Å². The normalized spacial score (nSPS) is 11.3. The standard InChI is InChI=1S/C23H29N3O3/c1-16(2)7-4-3-5-14-29-21(28)13-10-17-8-6-9-18(15-17)22-20(27)12-11-19-23(22)25-26-24-19/h6,8-9,11-12,15-16,27H,3-5,7,10,13-14H2,1-2H3,(H,24,25,26). The Kier molecular flexibility index (Phi) is 7.22. The van der Waals surface area contributed by atoms with Crippen LogP contribution < -0.4 is 0 Å². The lowest BCUT2D eigenvalue weighted by Gasteiger charge is -2.09. The molecule has 0 radical (unpaired) electrons. The van der Waals surface area contributed by atoms with E-state index < -0.39 is 0 Å². The summed E-state index contributed by atoms with van der Waals surface area (Å²) >= 11 is 0. The van der Waals surface area contributed by atoms with Crippen molar-refractivity contribution in [2.75, 3.05) is 6.61 Å². The van der Waals surface area contributed by atoms with Gasteiger partial charge in [-0.15, -0.1) is 5.10 Å². The topological polar surface area (TPSA) is 88.1 Å². The Labute approximate surface area is 171 Å². The lowest BCUT2D eigenvalue weighted by Crippen LogP contribution is -2.07. The van der Waals surface area contributed by atoms with Gasteiger partial charge in [0.05, 0.1) is 17.7 Å². The lowest BCUT2D eigenvalue weighted by molar-refractivity contribution is -0.143. The number of ether oxygens (including phenoxy) is 1. The van der Waals surface area contributed by atoms with Crippen LogP contribution in [0, 0.1) is 5.92 Å². The van der Waals surface area contributed by atoms with Crippen LogP contribution in [0.15, 0.2) is 36.4 Å². The Balaban J connectivity index is 1.53. The summed E-state index contributed by atoms with van der Waals surface area (Å²) in [6.45, 7) is 4.95. The van der Waals surface area contributed by atoms with Gasteiger partial charge in [0.15, 0.2) is 0 Å². The fraction of sp³-hybridized carbons (Fsp3) is 0.435. The Hall–Kier alpha value is -2.89. The number of hydrogen-bond donors (Lipinski definition) is 2. The SMILES string of the molecule is CC(C)CCCCCOC(=O)CCc1cccc(-c2c(O)ccc3[nH]nnc23)c1. The van der Waals surface area contributed by atoms with Gasteiger partial charge in [0.25, 0.3) is 0 Å². The third kappa shape index (κ3) is 5.79. The molecule has 0 bridgehead atoms. The first-order chi connectivity index (χ1) is 14.0. The molecule has 0 aliphatic heterocycles. The number of carbonyl (C=O) groups excluding carboxylic acids is 1. The van der Waals surface area contributed by atoms with Gasteiger partial charge in [0, 0.05) is 6.42 Å². The van der Waals surface area contributed by atoms with Crippen molar-refractivity contribution in [1.82, 2.24) is 15.4 Å². The van der Waals surface area contributed by atoms with Crippen molar-refractivity contribution in [3.8, 4) is 16.9 Å². The molecule has 0 unspecified atom stereocenters. The van der Waals surface area contributed by atoms with Crippen molar-refractivity contribution in [2.45, 2.75) is 52.4 Å². The molecule has 0 saturated carbocycles. The number of aromatic nitrogens is 3. The quantitative estimate of drug-likeness (QED) is 0.372. The second-order valence-corrected chi connectivity index (χ2v) is 7.83. The second-order valence-electron chi connectivity index (χ2n) is 7.83. The molecule has 1 heterocycles. The predicted octanol–water partition coefficient (Wildman–Crippen LogP) is 5.02. The van der Waals surface area contributed by atoms with Crippen LogP contribution in [0.2, 0.25) is 0 Å². The zero-order chi connectivity index (χ0) is 20.6. The summed E-state index contributed by atoms with van der Waals surface area (Å²) in [6, 6.07) is 11.2. The number of carbonyl (C=O) groups is 1. The number of rotatable bonds is 10. The van der Waals surface area contributed by atoms with Crippen LogP contribution in [-0.4, -0.2) is 33.1 Å². The van der Waals surface area contributed by atoms with E-state index in [2.05, 4.69) is 29.3 Å². The number of H-pyrrole nitrogens is 1. The fourth-order valence-electron chi connectivity index (χ4n) is 3.41. The van der Waals surface area contributed by atoms with Gasteiger partial charge in [0.1, 0.15) is 11.3 Å². The van der Waals surface area contributed by atoms with E-state index in [4.69, 9.17) is 4.74 Å². The minimum Gasteiger partial charge on any atom is -0.507 e. The van der Waals surface area contributed by atoms with Crippen LogP contribution in [0.3, 0.4) is 0 Å². The van der Waals surface area contributed by atoms with Gasteiger partial charge in [-0.1, -0.05) is 62.6 Å². The van der Waals surface area contributed by atoms with Crippen LogP contribution in [0.1, 0.15) is 51.5 Å². The molecule has 6 heteroatoms. The number of aromatic hydroxyl groups is 1. The van der Waals surface area contributed by atoms with E-state index >= 15 is 0 Å². The Morgan fingerprint density at radius 1 is 1.17 bits per heavy atom. The molecule has 3 rings (SSSR count). The molecule has 0 aliphatic rings. The number of phenols is 1. The molecule has 0 spiro atoms. The molecule has 0 saturated heterocycles. The summed E-state index contributed by atoms with van der Waals surface area (Å²) < 4.78 is 5.35. The molecule has 0 aliphatic carbocycles. The molecule has 0 amide bonds. The highest BCUT2D eigenvalue weighted by atomic mass is 16.5. The number of aromatic amines is 1. The van der Waals surface area contributed by atoms with E-state index in [-0.39, 0.29) is 11.7 Å². The summed E-state index contributed by atoms with van der Waals surface area (Å²) in [5.74, 6) is 0.715. The maximum Gasteiger partial charge on any atom is 0.306 e. The first-order valence-electron chi connectivity index (χ1n) is 10.3. The van der Waals surface area contributed by atoms with Crippen molar-refractivity contribution in [3.63, 3.8) is 0 Å². The number of fused-ring (bicyclic) bond motifs is 1. The van der Waals surface area contributed by atoms with Gasteiger partial charge in [-0.25, -0.2) is 0 Å². The highest BCUT2D eigenvalue weighted by molar-refractivity contribution is 5.94. The number of hydrogen-bond acceptors (Lipinski definition) is 5. The van der Waals surface area contributed by atoms with Gasteiger partial charge in [-0.05, 0) is 42.0 Å². The highest BCUT2D eigenvalue weighted by Crippen LogP contribution is 2.34. The lowest BCUT2D eigenvalue weighted by atomic mass is 9.99. The number of esters is 1. The maximum atomic E-state index is 12.0. The summed E-state index contributed by atoms with van der Waals surface area (Å²) in [4.78, 5) is 12.0. The highest BCUT2D eigenvalue weighted by Gasteiger charge is 2.13. The minimum atomic E-state index is -0.166. The number of phenolic OH excluding ortho intramolecular Hbond substituents is 1. The first kappa shape index (κ1) is 20.8. The number of nitrogens with zero attached hydrogens (tertiary/aromatic N) is 2. The molecule has 0 fully saturated rings. The van der Waals surface area contributed by atoms with Crippen LogP contribution in [0.25, 0.3) is 22.2 Å². The van der Waals surface area contributed by atoms with Crippen molar-refractivity contribution < 1.29 is 14.6 Å². The molecule has 2 aromatic carbocycles. The van der Waals surface area contributed by atoms with E-state index in [0.29, 0.717) is 30.5 Å². The molecule has 1 aromatic heterocycles. The number of nitrogens with one attached hydrogen (secondary N) is 1. The zero-order valence-electron chi connectivity index (χ0n) is 17.1. The monoisotopic (exact) mass is 395 g/mol. The van der Waals surface area contributed by atoms with Crippen LogP contribution in [0.5, 0.6) is 5.75 Å². The van der Waals surface area contributed by atoms with Crippen molar-refractivity contribution >= 4 is 17.0 Å². The zero-order valence-corrected chi connectivity index (χ0v) is 17.1. The molecule has 0 atom stereocenters. The maximum absolute atomic E-state index is 12.0. The number of benzene rings is 2. The van der Waals surface area contributed by atoms with E-state index in [1.165, 1.54) is 12.8 Å². The van der Waals surface area contributed by atoms with Crippen LogP contribution in [0.4, 0.5) is 0 Å². The molecule has 2 N–H and O–H groups in total. The minimum absolute atomic E-state index is 0.153. The van der Waals surface area contributed by atoms with Gasteiger partial charge in [0.2, 0.25) is 0 Å². The van der Waals surface area contributed by atoms with E-state index in [1.807, 2.05) is 24.3 Å². The van der Waals surface area contributed by atoms with Gasteiger partial charge in [-0.3, -0.25) is 9.89 Å². The fourth-order valence-corrected chi connectivity index (χ4v) is 3.41. The molecule has 154 valence electrons. The predicted molar refractivity (Wildman–Crippen MR) is 114 cm³/mol. The van der Waals surface area contributed by atoms with Crippen LogP contribution >= 0.6 is 0 Å². The summed E-state index contributed by atoms with van der Waals surface area (Å²) in [5, 5.41) is 21.0. The van der Waals surface area contributed by atoms with Crippen LogP contribution in [-0.2, 0) is 16.0 Å². The number of aryl methyl sites for hydroxylation is 1. The average Bonchev–Trinajstić information content (AvgIpc) is 3.17. The molecule has 6 nitrogen and oxygen atoms in total. The second kappa shape index (κ2) is 10.0. The summed E-state index contributed by atoms with van der Waals surface area (Å²) in [6.07, 6.45) is 5.37. The van der Waals surface area contributed by atoms with Gasteiger partial charge >= 0.3 is 5.97 Å². The third-order valence-corrected chi connectivity index (χ3v) is 5.00.